The Kier molecular flexibility index (Phi) is 1.96. The summed E-state index contributed by atoms with van der Waals surface area (Å²) in [6.07, 6.45) is 2.16. The Hall–Kier alpha value is -1.83. The number of esters is 1. The van der Waals surface area contributed by atoms with Crippen LogP contribution in [0.15, 0.2) is 30.3 Å². The van der Waals surface area contributed by atoms with Gasteiger partial charge in [-0.2, -0.15) is 0 Å². The Bertz CT molecular complexity index is 574. The zero-order valence-corrected chi connectivity index (χ0v) is 9.12. The molecule has 0 amide bonds. The van der Waals surface area contributed by atoms with Gasteiger partial charge in [-0.05, 0) is 40.8 Å². The van der Waals surface area contributed by atoms with Gasteiger partial charge < -0.3 is 4.74 Å². The number of hydrogen-bond donors (Lipinski definition) is 0. The molecule has 0 saturated carbocycles. The van der Waals surface area contributed by atoms with E-state index >= 15 is 0 Å². The van der Waals surface area contributed by atoms with Crippen molar-refractivity contribution in [2.24, 2.45) is 0 Å². The number of methoxy groups -OCH3 is 1. The van der Waals surface area contributed by atoms with E-state index in [1.807, 2.05) is 24.3 Å². The highest BCUT2D eigenvalue weighted by Crippen LogP contribution is 2.32. The lowest BCUT2D eigenvalue weighted by Crippen LogP contribution is -2.02. The summed E-state index contributed by atoms with van der Waals surface area (Å²) in [5.41, 5.74) is 3.36. The number of benzene rings is 2. The van der Waals surface area contributed by atoms with Crippen molar-refractivity contribution in [3.63, 3.8) is 0 Å². The molecule has 0 aromatic heterocycles. The molecule has 0 saturated heterocycles. The lowest BCUT2D eigenvalue weighted by atomic mass is 10.00. The summed E-state index contributed by atoms with van der Waals surface area (Å²) in [5, 5.41) is 2.28. The molecule has 2 nitrogen and oxygen atoms in total. The first-order valence-corrected chi connectivity index (χ1v) is 5.43. The van der Waals surface area contributed by atoms with Crippen molar-refractivity contribution in [3.05, 3.63) is 47.0 Å². The zero-order chi connectivity index (χ0) is 11.1. The molecule has 0 unspecified atom stereocenters. The Labute approximate surface area is 93.8 Å². The molecule has 0 bridgehead atoms. The molecule has 0 aliphatic heterocycles. The molecule has 0 spiro atoms. The average molecular weight is 212 g/mol. The van der Waals surface area contributed by atoms with Gasteiger partial charge in [0.15, 0.2) is 0 Å². The molecule has 2 heteroatoms. The SMILES string of the molecule is COC(=O)c1ccc2c3c(cccc13)CC2. The molecule has 1 aliphatic carbocycles. The van der Waals surface area contributed by atoms with E-state index < -0.39 is 0 Å². The van der Waals surface area contributed by atoms with Crippen LogP contribution in [0.1, 0.15) is 21.5 Å². The molecule has 0 atom stereocenters. The number of ether oxygens (including phenoxy) is 1. The zero-order valence-electron chi connectivity index (χ0n) is 9.12. The molecule has 2 aromatic rings. The van der Waals surface area contributed by atoms with Crippen LogP contribution in [0.25, 0.3) is 10.8 Å². The van der Waals surface area contributed by atoms with Crippen LogP contribution in [-0.2, 0) is 17.6 Å². The van der Waals surface area contributed by atoms with Crippen LogP contribution in [0.2, 0.25) is 0 Å². The lowest BCUT2D eigenvalue weighted by molar-refractivity contribution is 0.0603. The number of hydrogen-bond acceptors (Lipinski definition) is 2. The summed E-state index contributed by atoms with van der Waals surface area (Å²) in [7, 11) is 1.42. The summed E-state index contributed by atoms with van der Waals surface area (Å²) in [6.45, 7) is 0. The molecule has 0 fully saturated rings. The quantitative estimate of drug-likeness (QED) is 0.679. The van der Waals surface area contributed by atoms with Crippen LogP contribution in [0.4, 0.5) is 0 Å². The summed E-state index contributed by atoms with van der Waals surface area (Å²) in [4.78, 5) is 11.6. The third kappa shape index (κ3) is 1.16. The van der Waals surface area contributed by atoms with E-state index in [1.54, 1.807) is 0 Å². The Morgan fingerprint density at radius 2 is 1.88 bits per heavy atom. The van der Waals surface area contributed by atoms with E-state index in [-0.39, 0.29) is 5.97 Å². The first-order valence-electron chi connectivity index (χ1n) is 5.43. The molecule has 0 radical (unpaired) electrons. The molecule has 3 rings (SSSR count). The number of carbonyl (C=O) groups excluding carboxylic acids is 1. The van der Waals surface area contributed by atoms with Gasteiger partial charge in [0.2, 0.25) is 0 Å². The maximum Gasteiger partial charge on any atom is 0.338 e. The minimum absolute atomic E-state index is 0.254. The first kappa shape index (κ1) is 9.40. The van der Waals surface area contributed by atoms with Gasteiger partial charge in [0.25, 0.3) is 0 Å². The van der Waals surface area contributed by atoms with Crippen molar-refractivity contribution in [2.75, 3.05) is 7.11 Å². The molecule has 80 valence electrons. The molecular weight excluding hydrogens is 200 g/mol. The second kappa shape index (κ2) is 3.34. The number of rotatable bonds is 1. The third-order valence-corrected chi connectivity index (χ3v) is 3.28. The van der Waals surface area contributed by atoms with Crippen LogP contribution < -0.4 is 0 Å². The van der Waals surface area contributed by atoms with E-state index in [1.165, 1.54) is 23.6 Å². The van der Waals surface area contributed by atoms with E-state index in [2.05, 4.69) is 6.07 Å². The Morgan fingerprint density at radius 1 is 1.12 bits per heavy atom. The van der Waals surface area contributed by atoms with Gasteiger partial charge >= 0.3 is 5.97 Å². The van der Waals surface area contributed by atoms with E-state index in [0.29, 0.717) is 5.56 Å². The van der Waals surface area contributed by atoms with Crippen molar-refractivity contribution in [1.29, 1.82) is 0 Å². The highest BCUT2D eigenvalue weighted by atomic mass is 16.5. The van der Waals surface area contributed by atoms with Crippen LogP contribution >= 0.6 is 0 Å². The molecule has 2 aromatic carbocycles. The maximum atomic E-state index is 11.6. The van der Waals surface area contributed by atoms with Gasteiger partial charge in [0, 0.05) is 0 Å². The van der Waals surface area contributed by atoms with Gasteiger partial charge in [-0.1, -0.05) is 24.3 Å². The fourth-order valence-electron chi connectivity index (χ4n) is 2.53. The smallest absolute Gasteiger partial charge is 0.338 e. The minimum atomic E-state index is -0.254. The fourth-order valence-corrected chi connectivity index (χ4v) is 2.53. The van der Waals surface area contributed by atoms with Gasteiger partial charge in [0.1, 0.15) is 0 Å². The van der Waals surface area contributed by atoms with Gasteiger partial charge in [-0.3, -0.25) is 0 Å². The highest BCUT2D eigenvalue weighted by Gasteiger charge is 2.18. The van der Waals surface area contributed by atoms with Gasteiger partial charge in [0.05, 0.1) is 12.7 Å². The van der Waals surface area contributed by atoms with Crippen LogP contribution in [-0.4, -0.2) is 13.1 Å². The molecule has 1 aliphatic rings. The summed E-state index contributed by atoms with van der Waals surface area (Å²) in [6, 6.07) is 10.1. The second-order valence-corrected chi connectivity index (χ2v) is 4.10. The summed E-state index contributed by atoms with van der Waals surface area (Å²) >= 11 is 0. The van der Waals surface area contributed by atoms with Crippen LogP contribution in [0.5, 0.6) is 0 Å². The van der Waals surface area contributed by atoms with Gasteiger partial charge in [-0.25, -0.2) is 4.79 Å². The predicted molar refractivity (Wildman–Crippen MR) is 62.7 cm³/mol. The maximum absolute atomic E-state index is 11.6. The molecule has 0 heterocycles. The summed E-state index contributed by atoms with van der Waals surface area (Å²) < 4.78 is 4.81. The van der Waals surface area contributed by atoms with E-state index in [0.717, 1.165) is 18.2 Å². The van der Waals surface area contributed by atoms with Gasteiger partial charge in [-0.15, -0.1) is 0 Å². The normalized spacial score (nSPS) is 13.1. The molecule has 16 heavy (non-hydrogen) atoms. The van der Waals surface area contributed by atoms with Crippen molar-refractivity contribution in [2.45, 2.75) is 12.8 Å². The van der Waals surface area contributed by atoms with Crippen molar-refractivity contribution in [3.8, 4) is 0 Å². The van der Waals surface area contributed by atoms with E-state index in [4.69, 9.17) is 4.74 Å². The fraction of sp³-hybridized carbons (Fsp3) is 0.214. The standard InChI is InChI=1S/C14H12O2/c1-16-14(15)12-8-7-10-6-5-9-3-2-4-11(12)13(9)10/h2-4,7-8H,5-6H2,1H3. The highest BCUT2D eigenvalue weighted by molar-refractivity contribution is 6.07. The summed E-state index contributed by atoms with van der Waals surface area (Å²) in [5.74, 6) is -0.254. The molecular formula is C14H12O2. The average Bonchev–Trinajstić information content (AvgIpc) is 2.74. The van der Waals surface area contributed by atoms with Crippen molar-refractivity contribution in [1.82, 2.24) is 0 Å². The van der Waals surface area contributed by atoms with E-state index in [9.17, 15) is 4.79 Å². The van der Waals surface area contributed by atoms with Crippen LogP contribution in [0, 0.1) is 0 Å². The Balaban J connectivity index is 2.38. The lowest BCUT2D eigenvalue weighted by Gasteiger charge is -2.06. The van der Waals surface area contributed by atoms with Crippen LogP contribution in [0.3, 0.4) is 0 Å². The largest absolute Gasteiger partial charge is 0.465 e. The van der Waals surface area contributed by atoms with Crippen molar-refractivity contribution < 1.29 is 9.53 Å². The Morgan fingerprint density at radius 3 is 2.62 bits per heavy atom. The minimum Gasteiger partial charge on any atom is -0.465 e. The first-order chi connectivity index (χ1) is 7.81. The third-order valence-electron chi connectivity index (χ3n) is 3.28. The number of carbonyl (C=O) groups is 1. The second-order valence-electron chi connectivity index (χ2n) is 4.10. The monoisotopic (exact) mass is 212 g/mol. The predicted octanol–water partition coefficient (Wildman–Crippen LogP) is 2.73. The van der Waals surface area contributed by atoms with Crippen molar-refractivity contribution >= 4 is 16.7 Å². The number of aryl methyl sites for hydroxylation is 2. The molecule has 0 N–H and O–H groups in total. The topological polar surface area (TPSA) is 26.3 Å².